The van der Waals surface area contributed by atoms with Crippen molar-refractivity contribution in [1.82, 2.24) is 4.31 Å². The Hall–Kier alpha value is -2.34. The van der Waals surface area contributed by atoms with E-state index in [1.54, 1.807) is 50.2 Å². The number of nitrogens with zero attached hydrogens (tertiary/aromatic N) is 1. The number of allylic oxidation sites excluding steroid dienone is 1. The molecule has 1 aliphatic rings. The summed E-state index contributed by atoms with van der Waals surface area (Å²) >= 11 is 0. The van der Waals surface area contributed by atoms with Gasteiger partial charge in [0.1, 0.15) is 17.7 Å². The van der Waals surface area contributed by atoms with Crippen molar-refractivity contribution in [3.05, 3.63) is 77.4 Å². The minimum absolute atomic E-state index is 0.230. The van der Waals surface area contributed by atoms with Crippen LogP contribution in [0.25, 0.3) is 0 Å². The average molecular weight is 361 g/mol. The van der Waals surface area contributed by atoms with Crippen molar-refractivity contribution in [2.75, 3.05) is 0 Å². The molecule has 0 aliphatic carbocycles. The molecule has 0 fully saturated rings. The second-order valence-corrected chi connectivity index (χ2v) is 8.06. The van der Waals surface area contributed by atoms with Crippen LogP contribution >= 0.6 is 0 Å². The molecule has 1 aliphatic heterocycles. The van der Waals surface area contributed by atoms with Gasteiger partial charge in [0.25, 0.3) is 10.0 Å². The molecule has 0 saturated heterocycles. The van der Waals surface area contributed by atoms with Crippen LogP contribution in [0.1, 0.15) is 31.1 Å². The van der Waals surface area contributed by atoms with Crippen LogP contribution in [-0.2, 0) is 14.8 Å². The number of halogens is 1. The molecule has 0 unspecified atom stereocenters. The molecule has 1 heterocycles. The van der Waals surface area contributed by atoms with Gasteiger partial charge in [0.15, 0.2) is 0 Å². The molecule has 132 valence electrons. The first-order valence-corrected chi connectivity index (χ1v) is 9.44. The minimum Gasteiger partial charge on any atom is -0.487 e. The largest absolute Gasteiger partial charge is 0.487 e. The van der Waals surface area contributed by atoms with E-state index in [1.807, 2.05) is 6.92 Å². The van der Waals surface area contributed by atoms with E-state index < -0.39 is 22.2 Å². The molecule has 0 saturated carbocycles. The Balaban J connectivity index is 1.99. The molecule has 2 atom stereocenters. The highest BCUT2D eigenvalue weighted by atomic mass is 32.2. The van der Waals surface area contributed by atoms with Gasteiger partial charge >= 0.3 is 0 Å². The third kappa shape index (κ3) is 3.39. The Labute approximate surface area is 147 Å². The zero-order valence-electron chi connectivity index (χ0n) is 14.3. The van der Waals surface area contributed by atoms with Crippen LogP contribution in [0, 0.1) is 12.7 Å². The van der Waals surface area contributed by atoms with Crippen LogP contribution in [0.4, 0.5) is 4.39 Å². The monoisotopic (exact) mass is 361 g/mol. The van der Waals surface area contributed by atoms with E-state index >= 15 is 0 Å². The molecule has 0 bridgehead atoms. The molecule has 4 nitrogen and oxygen atoms in total. The lowest BCUT2D eigenvalue weighted by Crippen LogP contribution is -2.42. The summed E-state index contributed by atoms with van der Waals surface area (Å²) in [5, 5.41) is 0. The van der Waals surface area contributed by atoms with Crippen LogP contribution in [0.2, 0.25) is 0 Å². The summed E-state index contributed by atoms with van der Waals surface area (Å²) in [5.41, 5.74) is 1.72. The van der Waals surface area contributed by atoms with Gasteiger partial charge in [-0.3, -0.25) is 4.31 Å². The van der Waals surface area contributed by atoms with Crippen molar-refractivity contribution < 1.29 is 17.5 Å². The van der Waals surface area contributed by atoms with Crippen molar-refractivity contribution in [3.63, 3.8) is 0 Å². The van der Waals surface area contributed by atoms with E-state index in [0.717, 1.165) is 11.1 Å². The van der Waals surface area contributed by atoms with Gasteiger partial charge in [-0.15, -0.1) is 0 Å². The standard InChI is InChI=1S/C19H20FNO3S/c1-13-4-10-18(11-5-13)25(22,23)21-12-14(2)24-19(15(21)3)16-6-8-17(20)9-7-16/h4-12,15,19H,1-3H3/t15-,19-/m0/s1. The highest BCUT2D eigenvalue weighted by molar-refractivity contribution is 7.89. The maximum absolute atomic E-state index is 13.2. The van der Waals surface area contributed by atoms with E-state index in [1.165, 1.54) is 22.6 Å². The number of hydrogen-bond donors (Lipinski definition) is 0. The summed E-state index contributed by atoms with van der Waals surface area (Å²) in [4.78, 5) is 0.230. The SMILES string of the molecule is CC1=CN(S(=O)(=O)c2ccc(C)cc2)[C@@H](C)[C@@H](c2ccc(F)cc2)O1. The topological polar surface area (TPSA) is 46.6 Å². The molecule has 2 aromatic carbocycles. The second kappa shape index (κ2) is 6.52. The molecule has 2 aromatic rings. The smallest absolute Gasteiger partial charge is 0.264 e. The maximum atomic E-state index is 13.2. The molecule has 0 amide bonds. The van der Waals surface area contributed by atoms with Crippen molar-refractivity contribution in [2.24, 2.45) is 0 Å². The molecule has 25 heavy (non-hydrogen) atoms. The molecule has 3 rings (SSSR count). The van der Waals surface area contributed by atoms with E-state index in [-0.39, 0.29) is 10.7 Å². The third-order valence-electron chi connectivity index (χ3n) is 4.26. The Bertz CT molecular complexity index is 889. The van der Waals surface area contributed by atoms with Gasteiger partial charge in [0.2, 0.25) is 0 Å². The zero-order chi connectivity index (χ0) is 18.2. The van der Waals surface area contributed by atoms with Crippen LogP contribution in [0.3, 0.4) is 0 Å². The molecule has 0 N–H and O–H groups in total. The normalized spacial score (nSPS) is 20.8. The Morgan fingerprint density at radius 2 is 1.60 bits per heavy atom. The molecule has 0 aromatic heterocycles. The fraction of sp³-hybridized carbons (Fsp3) is 0.263. The molecule has 0 spiro atoms. The highest BCUT2D eigenvalue weighted by Gasteiger charge is 2.36. The Morgan fingerprint density at radius 3 is 2.20 bits per heavy atom. The summed E-state index contributed by atoms with van der Waals surface area (Å²) in [6, 6.07) is 12.2. The summed E-state index contributed by atoms with van der Waals surface area (Å²) in [6.45, 7) is 5.39. The van der Waals surface area contributed by atoms with Crippen LogP contribution < -0.4 is 0 Å². The number of hydrogen-bond acceptors (Lipinski definition) is 3. The van der Waals surface area contributed by atoms with Gasteiger partial charge in [-0.2, -0.15) is 0 Å². The fourth-order valence-electron chi connectivity index (χ4n) is 2.88. The highest BCUT2D eigenvalue weighted by Crippen LogP contribution is 2.35. The summed E-state index contributed by atoms with van der Waals surface area (Å²) < 4.78 is 46.5. The second-order valence-electron chi connectivity index (χ2n) is 6.22. The molecular weight excluding hydrogens is 341 g/mol. The zero-order valence-corrected chi connectivity index (χ0v) is 15.1. The lowest BCUT2D eigenvalue weighted by Gasteiger charge is -2.38. The lowest BCUT2D eigenvalue weighted by atomic mass is 10.0. The van der Waals surface area contributed by atoms with E-state index in [2.05, 4.69) is 0 Å². The first-order chi connectivity index (χ1) is 11.8. The van der Waals surface area contributed by atoms with Gasteiger partial charge in [-0.25, -0.2) is 12.8 Å². The van der Waals surface area contributed by atoms with Crippen LogP contribution in [0.15, 0.2) is 65.4 Å². The number of aryl methyl sites for hydroxylation is 1. The van der Waals surface area contributed by atoms with E-state index in [0.29, 0.717) is 5.76 Å². The first-order valence-electron chi connectivity index (χ1n) is 8.00. The predicted molar refractivity (Wildman–Crippen MR) is 93.6 cm³/mol. The molecule has 0 radical (unpaired) electrons. The minimum atomic E-state index is -3.71. The van der Waals surface area contributed by atoms with E-state index in [4.69, 9.17) is 4.74 Å². The number of benzene rings is 2. The van der Waals surface area contributed by atoms with Gasteiger partial charge in [-0.1, -0.05) is 29.8 Å². The predicted octanol–water partition coefficient (Wildman–Crippen LogP) is 4.15. The molecule has 6 heteroatoms. The van der Waals surface area contributed by atoms with Crippen molar-refractivity contribution >= 4 is 10.0 Å². The number of sulfonamides is 1. The first kappa shape index (κ1) is 17.5. The summed E-state index contributed by atoms with van der Waals surface area (Å²) in [5.74, 6) is 0.145. The third-order valence-corrected chi connectivity index (χ3v) is 6.12. The average Bonchev–Trinajstić information content (AvgIpc) is 2.58. The van der Waals surface area contributed by atoms with Gasteiger partial charge in [-0.05, 0) is 50.6 Å². The Kier molecular flexibility index (Phi) is 4.56. The number of rotatable bonds is 3. The van der Waals surface area contributed by atoms with Gasteiger partial charge in [0.05, 0.1) is 17.1 Å². The van der Waals surface area contributed by atoms with Crippen molar-refractivity contribution in [2.45, 2.75) is 37.8 Å². The quantitative estimate of drug-likeness (QED) is 0.825. The summed E-state index contributed by atoms with van der Waals surface area (Å²) in [7, 11) is -3.71. The maximum Gasteiger partial charge on any atom is 0.264 e. The fourth-order valence-corrected chi connectivity index (χ4v) is 4.44. The summed E-state index contributed by atoms with van der Waals surface area (Å²) in [6.07, 6.45) is 0.991. The lowest BCUT2D eigenvalue weighted by molar-refractivity contribution is 0.0454. The van der Waals surface area contributed by atoms with Gasteiger partial charge < -0.3 is 4.74 Å². The van der Waals surface area contributed by atoms with Gasteiger partial charge in [0, 0.05) is 0 Å². The van der Waals surface area contributed by atoms with Crippen molar-refractivity contribution in [3.8, 4) is 0 Å². The Morgan fingerprint density at radius 1 is 1.00 bits per heavy atom. The van der Waals surface area contributed by atoms with Crippen LogP contribution in [0.5, 0.6) is 0 Å². The van der Waals surface area contributed by atoms with Crippen molar-refractivity contribution in [1.29, 1.82) is 0 Å². The van der Waals surface area contributed by atoms with E-state index in [9.17, 15) is 12.8 Å². The number of ether oxygens (including phenoxy) is 1. The molecular formula is C19H20FNO3S. The van der Waals surface area contributed by atoms with Crippen LogP contribution in [-0.4, -0.2) is 18.8 Å².